The van der Waals surface area contributed by atoms with Gasteiger partial charge in [0, 0.05) is 33.4 Å². The highest BCUT2D eigenvalue weighted by molar-refractivity contribution is 7.49. The van der Waals surface area contributed by atoms with Crippen molar-refractivity contribution in [3.63, 3.8) is 0 Å². The highest BCUT2D eigenvalue weighted by atomic mass is 31.2. The van der Waals surface area contributed by atoms with Crippen molar-refractivity contribution in [1.82, 2.24) is 0 Å². The normalized spacial score (nSPS) is 11.3. The summed E-state index contributed by atoms with van der Waals surface area (Å²) in [5.41, 5.74) is 11.2. The maximum absolute atomic E-state index is 17.8. The van der Waals surface area contributed by atoms with Crippen molar-refractivity contribution in [3.8, 4) is 17.2 Å². The van der Waals surface area contributed by atoms with E-state index in [0.717, 1.165) is 262 Å². The fourth-order valence-corrected chi connectivity index (χ4v) is 14.5. The second-order valence-corrected chi connectivity index (χ2v) is 32.6. The van der Waals surface area contributed by atoms with Gasteiger partial charge < -0.3 is 42.0 Å². The molecule has 3 aromatic rings. The Labute approximate surface area is 663 Å². The Morgan fingerprint density at radius 1 is 0.264 bits per heavy atom. The first-order chi connectivity index (χ1) is 52.5. The quantitative estimate of drug-likeness (QED) is 0.0170. The second kappa shape index (κ2) is 55.1. The van der Waals surface area contributed by atoms with Gasteiger partial charge in [-0.05, 0) is 225 Å². The van der Waals surface area contributed by atoms with E-state index < -0.39 is 7.82 Å². The van der Waals surface area contributed by atoms with Gasteiger partial charge >= 0.3 is 43.6 Å². The van der Waals surface area contributed by atoms with Crippen molar-refractivity contribution in [2.75, 3.05) is 39.6 Å². The molecule has 16 nitrogen and oxygen atoms in total. The van der Waals surface area contributed by atoms with Crippen LogP contribution in [-0.4, -0.2) is 75.5 Å². The third kappa shape index (κ3) is 38.7. The number of hydrogen-bond acceptors (Lipinski definition) is 16. The van der Waals surface area contributed by atoms with Crippen LogP contribution in [0.2, 0.25) is 0 Å². The molecule has 0 heterocycles. The molecule has 0 amide bonds. The zero-order chi connectivity index (χ0) is 81.4. The van der Waals surface area contributed by atoms with Crippen LogP contribution in [0.15, 0.2) is 109 Å². The fourth-order valence-electron chi connectivity index (χ4n) is 13.0. The van der Waals surface area contributed by atoms with Gasteiger partial charge in [0.25, 0.3) is 0 Å². The Balaban J connectivity index is 2.43. The monoisotopic (exact) mass is 1540 g/mol. The summed E-state index contributed by atoms with van der Waals surface area (Å²) in [6, 6.07) is 13.1. The summed E-state index contributed by atoms with van der Waals surface area (Å²) >= 11 is 0. The molecular weight excluding hydrogens is 1400 g/mol. The molecule has 0 spiro atoms. The molecule has 110 heavy (non-hydrogen) atoms. The Morgan fingerprint density at radius 2 is 0.427 bits per heavy atom. The Bertz CT molecular complexity index is 3120. The van der Waals surface area contributed by atoms with Crippen molar-refractivity contribution in [2.45, 2.75) is 332 Å². The standard InChI is InChI=1S/C93H141O16P/c1-67(2)79-58-55-76(49-37-25-19-31-43-61-101-88(94)70(7)8)82(52-40-28-22-34-46-64-104-91(97)73(13)14)85(79)107-110(100,108-86-80(68(3)4)59-56-77(50-38-26-20-32-44-62-102-89(95)71(9)10)83(86)53-41-29-23-35-47-65-105-92(98)74(15)16)109-87-81(69(5)6)60-57-78(51-39-27-21-33-45-63-103-90(96)72(11)12)84(87)54-42-30-24-36-48-66-106-93(99)75(17)18/h55-60,67-69H,7,9,11,13,15,17,19-54,61-66H2,1-6,8,10,12,14,16,18H3. The smallest absolute Gasteiger partial charge is 0.462 e. The van der Waals surface area contributed by atoms with Gasteiger partial charge in [-0.15, -0.1) is 0 Å². The van der Waals surface area contributed by atoms with Crippen LogP contribution in [0, 0.1) is 0 Å². The summed E-state index contributed by atoms with van der Waals surface area (Å²) in [4.78, 5) is 73.2. The molecule has 17 heteroatoms. The van der Waals surface area contributed by atoms with Gasteiger partial charge in [-0.3, -0.25) is 0 Å². The topological polar surface area (TPSA) is 203 Å². The van der Waals surface area contributed by atoms with Gasteiger partial charge in [0.05, 0.1) is 39.6 Å². The lowest BCUT2D eigenvalue weighted by atomic mass is 9.90. The molecule has 0 fully saturated rings. The van der Waals surface area contributed by atoms with Crippen molar-refractivity contribution >= 4 is 43.6 Å². The minimum Gasteiger partial charge on any atom is -0.462 e. The average molecular weight is 1550 g/mol. The number of hydrogen-bond donors (Lipinski definition) is 0. The zero-order valence-corrected chi connectivity index (χ0v) is 71.0. The summed E-state index contributed by atoms with van der Waals surface area (Å²) < 4.78 is 73.3. The van der Waals surface area contributed by atoms with Crippen molar-refractivity contribution in [2.24, 2.45) is 0 Å². The molecule has 0 aliphatic carbocycles. The summed E-state index contributed by atoms with van der Waals surface area (Å²) in [6.45, 7) is 47.2. The number of phosphoric acid groups is 1. The van der Waals surface area contributed by atoms with E-state index in [9.17, 15) is 28.8 Å². The summed E-state index contributed by atoms with van der Waals surface area (Å²) in [5.74, 6) is -0.925. The molecule has 0 saturated carbocycles. The van der Waals surface area contributed by atoms with E-state index in [2.05, 4.69) is 117 Å². The van der Waals surface area contributed by atoms with Crippen molar-refractivity contribution < 1.29 is 75.3 Å². The van der Waals surface area contributed by atoms with Crippen molar-refractivity contribution in [3.05, 3.63) is 159 Å². The van der Waals surface area contributed by atoms with Crippen LogP contribution in [0.4, 0.5) is 0 Å². The molecular formula is C93H141O16P. The molecule has 0 aromatic heterocycles. The molecule has 0 saturated heterocycles. The first-order valence-electron chi connectivity index (χ1n) is 41.6. The van der Waals surface area contributed by atoms with Gasteiger partial charge in [0.1, 0.15) is 17.2 Å². The van der Waals surface area contributed by atoms with Crippen LogP contribution in [0.5, 0.6) is 17.2 Å². The van der Waals surface area contributed by atoms with E-state index in [-0.39, 0.29) is 53.6 Å². The minimum atomic E-state index is -4.89. The third-order valence-corrected chi connectivity index (χ3v) is 20.8. The molecule has 0 bridgehead atoms. The summed E-state index contributed by atoms with van der Waals surface area (Å²) in [7, 11) is -4.89. The Morgan fingerprint density at radius 3 is 0.600 bits per heavy atom. The fraction of sp³-hybridized carbons (Fsp3) is 0.613. The number of carbonyl (C=O) groups is 6. The molecule has 3 rings (SSSR count). The van der Waals surface area contributed by atoms with Crippen LogP contribution >= 0.6 is 7.82 Å². The van der Waals surface area contributed by atoms with Crippen LogP contribution in [0.3, 0.4) is 0 Å². The number of esters is 6. The van der Waals surface area contributed by atoms with E-state index >= 15 is 4.57 Å². The van der Waals surface area contributed by atoms with Gasteiger partial charge in [-0.25, -0.2) is 28.8 Å². The molecule has 3 aromatic carbocycles. The number of ether oxygens (including phenoxy) is 6. The molecule has 614 valence electrons. The lowest BCUT2D eigenvalue weighted by molar-refractivity contribution is -0.139. The van der Waals surface area contributed by atoms with Crippen LogP contribution < -0.4 is 13.6 Å². The number of aryl methyl sites for hydroxylation is 3. The van der Waals surface area contributed by atoms with Crippen LogP contribution in [0.1, 0.15) is 344 Å². The predicted octanol–water partition coefficient (Wildman–Crippen LogP) is 24.4. The largest absolute Gasteiger partial charge is 0.647 e. The average Bonchev–Trinajstić information content (AvgIpc) is 0.767. The second-order valence-electron chi connectivity index (χ2n) is 31.2. The SMILES string of the molecule is C=C(C)C(=O)OCCCCCCCc1ccc(C(C)C)c(OP(=O)(Oc2c(C(C)C)ccc(CCCCCCCOC(=O)C(=C)C)c2CCCCCCCOC(=O)C(=C)C)Oc2c(C(C)C)ccc(CCCCCCCOC(=O)C(=C)C)c2CCCCCCCOC(=O)C(=C)C)c1CCCCCCCOC(=O)C(=C)C. The number of rotatable bonds is 63. The summed E-state index contributed by atoms with van der Waals surface area (Å²) in [6.07, 6.45) is 30.1. The molecule has 0 N–H and O–H groups in total. The van der Waals surface area contributed by atoms with Gasteiger partial charge in [-0.1, -0.05) is 233 Å². The Kier molecular flexibility index (Phi) is 48.4. The van der Waals surface area contributed by atoms with Crippen molar-refractivity contribution in [1.29, 1.82) is 0 Å². The number of phosphoric ester groups is 1. The van der Waals surface area contributed by atoms with E-state index in [1.165, 1.54) is 0 Å². The molecule has 0 radical (unpaired) electrons. The van der Waals surface area contributed by atoms with E-state index in [1.807, 2.05) is 0 Å². The van der Waals surface area contributed by atoms with Gasteiger partial charge in [-0.2, -0.15) is 4.57 Å². The van der Waals surface area contributed by atoms with E-state index in [0.29, 0.717) is 110 Å². The van der Waals surface area contributed by atoms with Gasteiger partial charge in [0.15, 0.2) is 0 Å². The lowest BCUT2D eigenvalue weighted by Gasteiger charge is -2.29. The molecule has 0 atom stereocenters. The van der Waals surface area contributed by atoms with E-state index in [4.69, 9.17) is 42.0 Å². The summed E-state index contributed by atoms with van der Waals surface area (Å²) in [5, 5.41) is 0. The third-order valence-electron chi connectivity index (χ3n) is 19.6. The number of unbranched alkanes of at least 4 members (excludes halogenated alkanes) is 24. The lowest BCUT2D eigenvalue weighted by Crippen LogP contribution is -2.16. The molecule has 0 aliphatic heterocycles. The zero-order valence-electron chi connectivity index (χ0n) is 70.1. The minimum absolute atomic E-state index is 0.0728. The molecule has 0 aliphatic rings. The number of carbonyl (C=O) groups excluding carboxylic acids is 6. The van der Waals surface area contributed by atoms with E-state index in [1.54, 1.807) is 41.5 Å². The first kappa shape index (κ1) is 96.7. The molecule has 0 unspecified atom stereocenters. The highest BCUT2D eigenvalue weighted by Crippen LogP contribution is 2.57. The Hall–Kier alpha value is -7.45. The predicted molar refractivity (Wildman–Crippen MR) is 446 cm³/mol. The number of benzene rings is 3. The first-order valence-corrected chi connectivity index (χ1v) is 43.0. The maximum atomic E-state index is 17.8. The maximum Gasteiger partial charge on any atom is 0.647 e. The van der Waals surface area contributed by atoms with Crippen LogP contribution in [-0.2, 0) is 100 Å². The van der Waals surface area contributed by atoms with Gasteiger partial charge in [0.2, 0.25) is 0 Å². The van der Waals surface area contributed by atoms with Crippen LogP contribution in [0.25, 0.3) is 0 Å². The highest BCUT2D eigenvalue weighted by Gasteiger charge is 2.40.